The molecule has 13 nitrogen and oxygen atoms in total. The number of hydrogen-bond acceptors (Lipinski definition) is 8. The van der Waals surface area contributed by atoms with Gasteiger partial charge in [0.25, 0.3) is 5.91 Å². The third kappa shape index (κ3) is 7.89. The smallest absolute Gasteiger partial charge is 0.266 e. The van der Waals surface area contributed by atoms with E-state index in [-0.39, 0.29) is 37.7 Å². The van der Waals surface area contributed by atoms with Gasteiger partial charge in [0.1, 0.15) is 11.6 Å². The number of rotatable bonds is 15. The standard InChI is InChI=1S/C34H32FN9O4/c35-27-10-5-7-23(19-27)21-38-42-33(46)34(20-25-8-1-2-9-26(25)22-39-43-36)31(29-11-3-4-12-30(29)41-44-37)48-32(40-34)24-13-15-28(16-14-24)47-18-6-17-45/h1-5,7-16,19,31,38,45H,6,17-18,20-22H2,(H,42,46)/t31-,34-/m0/s1. The molecule has 4 aromatic rings. The number of nitrogens with zero attached hydrogens (tertiary/aromatic N) is 7. The Balaban J connectivity index is 1.60. The van der Waals surface area contributed by atoms with Gasteiger partial charge in [0.2, 0.25) is 5.90 Å². The van der Waals surface area contributed by atoms with Crippen molar-refractivity contribution in [3.8, 4) is 5.75 Å². The summed E-state index contributed by atoms with van der Waals surface area (Å²) in [6.07, 6.45) is -0.604. The molecule has 0 aliphatic carbocycles. The summed E-state index contributed by atoms with van der Waals surface area (Å²) in [4.78, 5) is 25.4. The Morgan fingerprint density at radius 1 is 1.00 bits per heavy atom. The minimum atomic E-state index is -1.69. The highest BCUT2D eigenvalue weighted by molar-refractivity contribution is 6.01. The number of carbonyl (C=O) groups is 1. The maximum atomic E-state index is 14.5. The summed E-state index contributed by atoms with van der Waals surface area (Å²) in [7, 11) is 0. The average molecular weight is 650 g/mol. The maximum absolute atomic E-state index is 14.5. The predicted molar refractivity (Wildman–Crippen MR) is 176 cm³/mol. The number of benzene rings is 4. The highest BCUT2D eigenvalue weighted by Gasteiger charge is 2.54. The van der Waals surface area contributed by atoms with Gasteiger partial charge in [0, 0.05) is 52.6 Å². The quantitative estimate of drug-likeness (QED) is 0.0426. The lowest BCUT2D eigenvalue weighted by Crippen LogP contribution is -2.53. The third-order valence-electron chi connectivity index (χ3n) is 7.67. The molecule has 0 spiro atoms. The summed E-state index contributed by atoms with van der Waals surface area (Å²) in [5, 5.41) is 16.7. The number of hydrogen-bond donors (Lipinski definition) is 3. The third-order valence-corrected chi connectivity index (χ3v) is 7.67. The highest BCUT2D eigenvalue weighted by atomic mass is 19.1. The molecule has 244 valence electrons. The van der Waals surface area contributed by atoms with Crippen molar-refractivity contribution in [3.63, 3.8) is 0 Å². The number of aliphatic hydroxyl groups excluding tert-OH is 1. The molecule has 4 aromatic carbocycles. The number of carbonyl (C=O) groups excluding carboxylic acids is 1. The lowest BCUT2D eigenvalue weighted by molar-refractivity contribution is -0.130. The average Bonchev–Trinajstić information content (AvgIpc) is 3.49. The second-order valence-electron chi connectivity index (χ2n) is 10.8. The Morgan fingerprint density at radius 3 is 2.52 bits per heavy atom. The van der Waals surface area contributed by atoms with E-state index in [1.807, 2.05) is 12.1 Å². The molecule has 3 N–H and O–H groups in total. The minimum absolute atomic E-state index is 0.00127. The number of hydrazine groups is 1. The van der Waals surface area contributed by atoms with Crippen LogP contribution in [0, 0.1) is 5.82 Å². The van der Waals surface area contributed by atoms with Gasteiger partial charge in [-0.3, -0.25) is 10.2 Å². The number of azide groups is 2. The fourth-order valence-electron chi connectivity index (χ4n) is 5.37. The molecule has 1 aliphatic heterocycles. The van der Waals surface area contributed by atoms with Crippen molar-refractivity contribution < 1.29 is 23.8 Å². The Kier molecular flexibility index (Phi) is 11.2. The topological polar surface area (TPSA) is 190 Å². The van der Waals surface area contributed by atoms with E-state index in [9.17, 15) is 14.7 Å². The molecule has 0 saturated carbocycles. The number of aliphatic imine (C=N–C) groups is 1. The SMILES string of the molecule is [N-]=[N+]=NCc1ccccc1C[C@]1(C(=O)NNCc2cccc(F)c2)N=C(c2ccc(OCCCO)cc2)O[C@H]1c1ccccc1N=[N+]=[N-]. The Morgan fingerprint density at radius 2 is 1.77 bits per heavy atom. The van der Waals surface area contributed by atoms with E-state index in [0.717, 1.165) is 0 Å². The molecule has 1 aliphatic rings. The van der Waals surface area contributed by atoms with Crippen LogP contribution in [-0.2, 0) is 29.0 Å². The molecular formula is C34H32FN9O4. The van der Waals surface area contributed by atoms with Gasteiger partial charge in [-0.15, -0.1) is 0 Å². The zero-order chi connectivity index (χ0) is 33.8. The number of amides is 1. The van der Waals surface area contributed by atoms with E-state index in [4.69, 9.17) is 25.1 Å². The molecule has 0 unspecified atom stereocenters. The number of nitrogens with one attached hydrogen (secondary N) is 2. The van der Waals surface area contributed by atoms with Crippen LogP contribution in [0.5, 0.6) is 5.75 Å². The van der Waals surface area contributed by atoms with Crippen LogP contribution in [0.4, 0.5) is 10.1 Å². The number of ether oxygens (including phenoxy) is 2. The van der Waals surface area contributed by atoms with Crippen molar-refractivity contribution in [2.75, 3.05) is 13.2 Å². The fourth-order valence-corrected chi connectivity index (χ4v) is 5.37. The molecule has 0 fully saturated rings. The fraction of sp³-hybridized carbons (Fsp3) is 0.235. The van der Waals surface area contributed by atoms with E-state index >= 15 is 0 Å². The van der Waals surface area contributed by atoms with E-state index in [2.05, 4.69) is 30.9 Å². The van der Waals surface area contributed by atoms with Crippen molar-refractivity contribution >= 4 is 17.5 Å². The minimum Gasteiger partial charge on any atom is -0.494 e. The summed E-state index contributed by atoms with van der Waals surface area (Å²) >= 11 is 0. The summed E-state index contributed by atoms with van der Waals surface area (Å²) in [6, 6.07) is 26.9. The second kappa shape index (κ2) is 16.1. The van der Waals surface area contributed by atoms with Gasteiger partial charge in [-0.1, -0.05) is 70.9 Å². The van der Waals surface area contributed by atoms with Crippen molar-refractivity contribution in [2.24, 2.45) is 15.2 Å². The van der Waals surface area contributed by atoms with Crippen LogP contribution in [0.2, 0.25) is 0 Å². The van der Waals surface area contributed by atoms with Crippen LogP contribution < -0.4 is 15.6 Å². The molecule has 48 heavy (non-hydrogen) atoms. The Hall–Kier alpha value is -5.91. The van der Waals surface area contributed by atoms with Crippen LogP contribution in [0.3, 0.4) is 0 Å². The van der Waals surface area contributed by atoms with Crippen LogP contribution >= 0.6 is 0 Å². The normalized spacial score (nSPS) is 16.5. The maximum Gasteiger partial charge on any atom is 0.266 e. The van der Waals surface area contributed by atoms with Crippen molar-refractivity contribution in [1.82, 2.24) is 10.9 Å². The largest absolute Gasteiger partial charge is 0.494 e. The molecule has 1 amide bonds. The van der Waals surface area contributed by atoms with Gasteiger partial charge in [-0.25, -0.2) is 14.8 Å². The molecule has 0 aromatic heterocycles. The Labute approximate surface area is 275 Å². The Bertz CT molecular complexity index is 1870. The van der Waals surface area contributed by atoms with Gasteiger partial charge < -0.3 is 14.6 Å². The summed E-state index contributed by atoms with van der Waals surface area (Å²) in [5.74, 6) is -0.247. The lowest BCUT2D eigenvalue weighted by Gasteiger charge is -2.32. The molecule has 5 rings (SSSR count). The van der Waals surface area contributed by atoms with Gasteiger partial charge in [0.05, 0.1) is 13.2 Å². The first-order chi connectivity index (χ1) is 23.5. The van der Waals surface area contributed by atoms with Crippen LogP contribution in [-0.4, -0.2) is 35.7 Å². The molecule has 1 heterocycles. The summed E-state index contributed by atoms with van der Waals surface area (Å²) < 4.78 is 26.1. The first-order valence-corrected chi connectivity index (χ1v) is 15.1. The van der Waals surface area contributed by atoms with Crippen molar-refractivity contribution in [2.45, 2.75) is 37.6 Å². The predicted octanol–water partition coefficient (Wildman–Crippen LogP) is 6.66. The molecule has 0 radical (unpaired) electrons. The molecule has 0 bridgehead atoms. The molecule has 2 atom stereocenters. The van der Waals surface area contributed by atoms with Crippen LogP contribution in [0.15, 0.2) is 112 Å². The monoisotopic (exact) mass is 649 g/mol. The number of halogens is 1. The van der Waals surface area contributed by atoms with E-state index in [1.54, 1.807) is 72.8 Å². The van der Waals surface area contributed by atoms with E-state index < -0.39 is 23.4 Å². The summed E-state index contributed by atoms with van der Waals surface area (Å²) in [6.45, 7) is 0.501. The molecular weight excluding hydrogens is 617 g/mol. The molecule has 14 heteroatoms. The molecule has 0 saturated heterocycles. The highest BCUT2D eigenvalue weighted by Crippen LogP contribution is 2.45. The summed E-state index contributed by atoms with van der Waals surface area (Å²) in [5.41, 5.74) is 25.5. The first kappa shape index (κ1) is 33.5. The van der Waals surface area contributed by atoms with Crippen molar-refractivity contribution in [1.29, 1.82) is 0 Å². The first-order valence-electron chi connectivity index (χ1n) is 15.1. The van der Waals surface area contributed by atoms with Crippen LogP contribution in [0.1, 0.15) is 40.3 Å². The lowest BCUT2D eigenvalue weighted by atomic mass is 9.80. The zero-order valence-electron chi connectivity index (χ0n) is 25.7. The second-order valence-corrected chi connectivity index (χ2v) is 10.8. The van der Waals surface area contributed by atoms with E-state index in [0.29, 0.717) is 46.6 Å². The van der Waals surface area contributed by atoms with Gasteiger partial charge in [-0.05, 0) is 64.2 Å². The zero-order valence-corrected chi connectivity index (χ0v) is 25.7. The van der Waals surface area contributed by atoms with Crippen molar-refractivity contribution in [3.05, 3.63) is 152 Å². The van der Waals surface area contributed by atoms with Gasteiger partial charge in [-0.2, -0.15) is 0 Å². The van der Waals surface area contributed by atoms with Crippen LogP contribution in [0.25, 0.3) is 20.9 Å². The van der Waals surface area contributed by atoms with Gasteiger partial charge in [0.15, 0.2) is 11.6 Å². The van der Waals surface area contributed by atoms with E-state index in [1.165, 1.54) is 12.1 Å². The number of aliphatic hydroxyl groups is 1. The van der Waals surface area contributed by atoms with Gasteiger partial charge >= 0.3 is 0 Å².